The molecule has 0 atom stereocenters. The molecule has 0 aliphatic heterocycles. The van der Waals surface area contributed by atoms with E-state index in [-0.39, 0.29) is 6.61 Å². The lowest BCUT2D eigenvalue weighted by atomic mass is 10.1. The van der Waals surface area contributed by atoms with Crippen LogP contribution in [-0.4, -0.2) is 24.9 Å². The van der Waals surface area contributed by atoms with Crippen molar-refractivity contribution in [2.45, 2.75) is 25.4 Å². The summed E-state index contributed by atoms with van der Waals surface area (Å²) in [6, 6.07) is 3.88. The third-order valence-electron chi connectivity index (χ3n) is 2.50. The average Bonchev–Trinajstić information content (AvgIpc) is 3.06. The normalized spacial score (nSPS) is 14.9. The molecule has 0 spiro atoms. The first kappa shape index (κ1) is 11.7. The van der Waals surface area contributed by atoms with Gasteiger partial charge in [-0.3, -0.25) is 0 Å². The van der Waals surface area contributed by atoms with Gasteiger partial charge in [-0.1, -0.05) is 0 Å². The zero-order chi connectivity index (χ0) is 11.5. The van der Waals surface area contributed by atoms with Crippen LogP contribution < -0.4 is 9.47 Å². The largest absolute Gasteiger partial charge is 0.493 e. The molecule has 2 rings (SSSR count). The van der Waals surface area contributed by atoms with Crippen molar-refractivity contribution in [3.8, 4) is 11.5 Å². The van der Waals surface area contributed by atoms with Crippen molar-refractivity contribution in [3.63, 3.8) is 0 Å². The lowest BCUT2D eigenvalue weighted by molar-refractivity contribution is 0.279. The molecule has 0 radical (unpaired) electrons. The second kappa shape index (κ2) is 5.06. The van der Waals surface area contributed by atoms with Crippen molar-refractivity contribution in [2.75, 3.05) is 13.7 Å². The Morgan fingerprint density at radius 3 is 2.75 bits per heavy atom. The summed E-state index contributed by atoms with van der Waals surface area (Å²) in [7, 11) is 1.63. The molecule has 0 bridgehead atoms. The van der Waals surface area contributed by atoms with Gasteiger partial charge in [0.2, 0.25) is 0 Å². The van der Waals surface area contributed by atoms with Gasteiger partial charge in [0, 0.05) is 6.61 Å². The highest BCUT2D eigenvalue weighted by molar-refractivity contribution is 9.10. The van der Waals surface area contributed by atoms with E-state index in [2.05, 4.69) is 15.9 Å². The summed E-state index contributed by atoms with van der Waals surface area (Å²) in [5, 5.41) is 8.91. The molecule has 1 N–H and O–H groups in total. The standard InChI is InChI=1S/C12H15BrO3/c1-15-11-7-8(4-5-14)6-10(13)12(11)16-9-2-3-9/h6-7,9,14H,2-5H2,1H3. The fourth-order valence-corrected chi connectivity index (χ4v) is 2.10. The molecule has 16 heavy (non-hydrogen) atoms. The minimum atomic E-state index is 0.137. The van der Waals surface area contributed by atoms with E-state index in [0.29, 0.717) is 12.5 Å². The van der Waals surface area contributed by atoms with Crippen molar-refractivity contribution < 1.29 is 14.6 Å². The van der Waals surface area contributed by atoms with E-state index in [1.165, 1.54) is 0 Å². The second-order valence-electron chi connectivity index (χ2n) is 3.90. The van der Waals surface area contributed by atoms with Crippen LogP contribution in [-0.2, 0) is 6.42 Å². The molecule has 88 valence electrons. The number of hydrogen-bond donors (Lipinski definition) is 1. The van der Waals surface area contributed by atoms with E-state index >= 15 is 0 Å². The van der Waals surface area contributed by atoms with E-state index in [1.54, 1.807) is 7.11 Å². The Balaban J connectivity index is 2.26. The maximum atomic E-state index is 8.91. The highest BCUT2D eigenvalue weighted by Crippen LogP contribution is 2.40. The van der Waals surface area contributed by atoms with Crippen molar-refractivity contribution in [3.05, 3.63) is 22.2 Å². The van der Waals surface area contributed by atoms with Gasteiger partial charge in [0.05, 0.1) is 17.7 Å². The highest BCUT2D eigenvalue weighted by Gasteiger charge is 2.26. The number of ether oxygens (including phenoxy) is 2. The molecule has 4 heteroatoms. The monoisotopic (exact) mass is 286 g/mol. The lowest BCUT2D eigenvalue weighted by Crippen LogP contribution is -2.01. The van der Waals surface area contributed by atoms with Crippen molar-refractivity contribution in [1.82, 2.24) is 0 Å². The summed E-state index contributed by atoms with van der Waals surface area (Å²) in [6.07, 6.45) is 3.20. The minimum Gasteiger partial charge on any atom is -0.493 e. The van der Waals surface area contributed by atoms with Crippen molar-refractivity contribution >= 4 is 15.9 Å². The summed E-state index contributed by atoms with van der Waals surface area (Å²) < 4.78 is 12.0. The Labute approximate surface area is 104 Å². The highest BCUT2D eigenvalue weighted by atomic mass is 79.9. The van der Waals surface area contributed by atoms with Crippen LogP contribution >= 0.6 is 15.9 Å². The summed E-state index contributed by atoms with van der Waals surface area (Å²) in [6.45, 7) is 0.137. The number of aliphatic hydroxyl groups excluding tert-OH is 1. The predicted octanol–water partition coefficient (Wildman–Crippen LogP) is 2.53. The third-order valence-corrected chi connectivity index (χ3v) is 3.09. The van der Waals surface area contributed by atoms with Crippen LogP contribution in [0.5, 0.6) is 11.5 Å². The Morgan fingerprint density at radius 2 is 2.19 bits per heavy atom. The third kappa shape index (κ3) is 2.68. The quantitative estimate of drug-likeness (QED) is 0.904. The molecule has 1 aliphatic rings. The maximum absolute atomic E-state index is 8.91. The van der Waals surface area contributed by atoms with Gasteiger partial charge in [0.15, 0.2) is 11.5 Å². The number of hydrogen-bond acceptors (Lipinski definition) is 3. The van der Waals surface area contributed by atoms with Gasteiger partial charge in [-0.2, -0.15) is 0 Å². The molecule has 1 fully saturated rings. The fourth-order valence-electron chi connectivity index (χ4n) is 1.51. The molecular weight excluding hydrogens is 272 g/mol. The van der Waals surface area contributed by atoms with E-state index in [4.69, 9.17) is 14.6 Å². The van der Waals surface area contributed by atoms with Gasteiger partial charge in [0.1, 0.15) is 0 Å². The lowest BCUT2D eigenvalue weighted by Gasteiger charge is -2.13. The Morgan fingerprint density at radius 1 is 1.44 bits per heavy atom. The first-order valence-electron chi connectivity index (χ1n) is 5.38. The summed E-state index contributed by atoms with van der Waals surface area (Å²) in [5.41, 5.74) is 1.04. The summed E-state index contributed by atoms with van der Waals surface area (Å²) >= 11 is 3.48. The molecule has 1 aliphatic carbocycles. The van der Waals surface area contributed by atoms with Gasteiger partial charge < -0.3 is 14.6 Å². The van der Waals surface area contributed by atoms with Gasteiger partial charge in [-0.15, -0.1) is 0 Å². The van der Waals surface area contributed by atoms with Crippen LogP contribution in [0, 0.1) is 0 Å². The fraction of sp³-hybridized carbons (Fsp3) is 0.500. The number of halogens is 1. The molecule has 0 unspecified atom stereocenters. The first-order chi connectivity index (χ1) is 7.74. The smallest absolute Gasteiger partial charge is 0.175 e. The zero-order valence-corrected chi connectivity index (χ0v) is 10.8. The maximum Gasteiger partial charge on any atom is 0.175 e. The molecule has 0 heterocycles. The van der Waals surface area contributed by atoms with Gasteiger partial charge in [-0.05, 0) is 52.9 Å². The molecule has 1 saturated carbocycles. The SMILES string of the molecule is COc1cc(CCO)cc(Br)c1OC1CC1. The summed E-state index contributed by atoms with van der Waals surface area (Å²) in [4.78, 5) is 0. The van der Waals surface area contributed by atoms with Crippen LogP contribution in [0.4, 0.5) is 0 Å². The van der Waals surface area contributed by atoms with Gasteiger partial charge in [-0.25, -0.2) is 0 Å². The zero-order valence-electron chi connectivity index (χ0n) is 9.20. The van der Waals surface area contributed by atoms with Crippen LogP contribution in [0.3, 0.4) is 0 Å². The van der Waals surface area contributed by atoms with E-state index < -0.39 is 0 Å². The summed E-state index contributed by atoms with van der Waals surface area (Å²) in [5.74, 6) is 1.50. The topological polar surface area (TPSA) is 38.7 Å². The average molecular weight is 287 g/mol. The molecule has 1 aromatic rings. The number of aliphatic hydroxyl groups is 1. The van der Waals surface area contributed by atoms with E-state index in [9.17, 15) is 0 Å². The van der Waals surface area contributed by atoms with Crippen LogP contribution in [0.25, 0.3) is 0 Å². The molecule has 3 nitrogen and oxygen atoms in total. The van der Waals surface area contributed by atoms with Crippen LogP contribution in [0.15, 0.2) is 16.6 Å². The van der Waals surface area contributed by atoms with E-state index in [1.807, 2.05) is 12.1 Å². The van der Waals surface area contributed by atoms with Crippen molar-refractivity contribution in [1.29, 1.82) is 0 Å². The molecule has 0 aromatic heterocycles. The number of rotatable bonds is 5. The van der Waals surface area contributed by atoms with E-state index in [0.717, 1.165) is 34.4 Å². The van der Waals surface area contributed by atoms with Crippen LogP contribution in [0.2, 0.25) is 0 Å². The first-order valence-corrected chi connectivity index (χ1v) is 6.18. The minimum absolute atomic E-state index is 0.137. The van der Waals surface area contributed by atoms with Gasteiger partial charge >= 0.3 is 0 Å². The molecule has 0 saturated heterocycles. The molecule has 0 amide bonds. The Hall–Kier alpha value is -0.740. The van der Waals surface area contributed by atoms with Crippen molar-refractivity contribution in [2.24, 2.45) is 0 Å². The predicted molar refractivity (Wildman–Crippen MR) is 65.1 cm³/mol. The number of benzene rings is 1. The second-order valence-corrected chi connectivity index (χ2v) is 4.75. The molecular formula is C12H15BrO3. The Kier molecular flexibility index (Phi) is 3.71. The van der Waals surface area contributed by atoms with Gasteiger partial charge in [0.25, 0.3) is 0 Å². The number of methoxy groups -OCH3 is 1. The molecule has 1 aromatic carbocycles. The Bertz CT molecular complexity index is 375. The van der Waals surface area contributed by atoms with Crippen LogP contribution in [0.1, 0.15) is 18.4 Å².